The minimum absolute atomic E-state index is 0.0532. The van der Waals surface area contributed by atoms with Crippen LogP contribution in [0.15, 0.2) is 60.7 Å². The fourth-order valence-electron chi connectivity index (χ4n) is 5.89. The standard InChI is InChI=1S/C26H24N2O5/c29-24-23-15(9-10-16-11-12-22(25(30)31)28(16)24)13-27(23)26(32)33-14-21-19-7-3-1-5-17(19)18-6-2-4-8-20(18)21/h1-10,15-16,21-23H,11-14H2,(H,30,31)/t15-,16-,22-,23-/m0/s1. The first kappa shape index (κ1) is 20.0. The third-order valence-electron chi connectivity index (χ3n) is 7.52. The molecule has 2 aromatic rings. The summed E-state index contributed by atoms with van der Waals surface area (Å²) in [6.07, 6.45) is 4.43. The maximum atomic E-state index is 13.3. The van der Waals surface area contributed by atoms with Gasteiger partial charge in [0, 0.05) is 18.4 Å². The molecule has 168 valence electrons. The van der Waals surface area contributed by atoms with Crippen molar-refractivity contribution in [3.05, 3.63) is 71.8 Å². The molecular formula is C26H24N2O5. The van der Waals surface area contributed by atoms with Crippen molar-refractivity contribution < 1.29 is 24.2 Å². The van der Waals surface area contributed by atoms with Gasteiger partial charge in [-0.15, -0.1) is 0 Å². The first-order valence-corrected chi connectivity index (χ1v) is 11.4. The van der Waals surface area contributed by atoms with E-state index in [-0.39, 0.29) is 30.4 Å². The summed E-state index contributed by atoms with van der Waals surface area (Å²) in [4.78, 5) is 40.9. The monoisotopic (exact) mass is 444 g/mol. The van der Waals surface area contributed by atoms with E-state index in [2.05, 4.69) is 24.3 Å². The Morgan fingerprint density at radius 2 is 1.64 bits per heavy atom. The average Bonchev–Trinajstić information content (AvgIpc) is 3.34. The van der Waals surface area contributed by atoms with Crippen LogP contribution in [-0.4, -0.2) is 64.2 Å². The van der Waals surface area contributed by atoms with E-state index in [4.69, 9.17) is 4.74 Å². The summed E-state index contributed by atoms with van der Waals surface area (Å²) in [5, 5.41) is 9.55. The molecule has 7 heteroatoms. The van der Waals surface area contributed by atoms with Crippen LogP contribution in [0.4, 0.5) is 4.79 Å². The van der Waals surface area contributed by atoms with Gasteiger partial charge in [0.15, 0.2) is 0 Å². The van der Waals surface area contributed by atoms with Gasteiger partial charge in [-0.25, -0.2) is 9.59 Å². The molecule has 1 aliphatic carbocycles. The van der Waals surface area contributed by atoms with Gasteiger partial charge >= 0.3 is 12.1 Å². The zero-order valence-corrected chi connectivity index (χ0v) is 18.0. The van der Waals surface area contributed by atoms with Gasteiger partial charge in [0.1, 0.15) is 18.7 Å². The van der Waals surface area contributed by atoms with Gasteiger partial charge in [-0.2, -0.15) is 0 Å². The third kappa shape index (κ3) is 2.98. The van der Waals surface area contributed by atoms with E-state index in [0.717, 1.165) is 22.3 Å². The molecule has 0 bridgehead atoms. The highest BCUT2D eigenvalue weighted by atomic mass is 16.6. The molecule has 0 unspecified atom stereocenters. The Morgan fingerprint density at radius 3 is 2.30 bits per heavy atom. The Labute approximate surface area is 191 Å². The number of ether oxygens (including phenoxy) is 1. The largest absolute Gasteiger partial charge is 0.480 e. The van der Waals surface area contributed by atoms with Crippen LogP contribution in [-0.2, 0) is 14.3 Å². The maximum Gasteiger partial charge on any atom is 0.410 e. The number of carbonyl (C=O) groups is 3. The molecule has 4 aliphatic rings. The second-order valence-corrected chi connectivity index (χ2v) is 9.19. The van der Waals surface area contributed by atoms with Crippen LogP contribution in [0.2, 0.25) is 0 Å². The SMILES string of the molecule is O=C(O)[C@@H]1CC[C@@H]2C=C[C@H]3CN(C(=O)OCC4c5ccccc5-c5ccccc54)[C@@H]3C(=O)N21. The quantitative estimate of drug-likeness (QED) is 0.735. The molecule has 0 radical (unpaired) electrons. The van der Waals surface area contributed by atoms with E-state index in [1.54, 1.807) is 0 Å². The summed E-state index contributed by atoms with van der Waals surface area (Å²) in [5.74, 6) is -1.44. The van der Waals surface area contributed by atoms with E-state index in [1.807, 2.05) is 36.4 Å². The van der Waals surface area contributed by atoms with Gasteiger partial charge in [0.2, 0.25) is 5.91 Å². The molecule has 1 N–H and O–H groups in total. The average molecular weight is 444 g/mol. The number of hydrogen-bond donors (Lipinski definition) is 1. The number of nitrogens with zero attached hydrogens (tertiary/aromatic N) is 2. The van der Waals surface area contributed by atoms with Gasteiger partial charge in [0.25, 0.3) is 0 Å². The smallest absolute Gasteiger partial charge is 0.410 e. The number of benzene rings is 2. The minimum atomic E-state index is -0.996. The molecule has 2 amide bonds. The molecule has 0 aromatic heterocycles. The lowest BCUT2D eigenvalue weighted by molar-refractivity contribution is -0.154. The third-order valence-corrected chi connectivity index (χ3v) is 7.52. The van der Waals surface area contributed by atoms with Crippen LogP contribution in [0.5, 0.6) is 0 Å². The molecule has 0 saturated carbocycles. The van der Waals surface area contributed by atoms with Crippen molar-refractivity contribution in [2.24, 2.45) is 5.92 Å². The maximum absolute atomic E-state index is 13.3. The van der Waals surface area contributed by atoms with Crippen LogP contribution in [0.1, 0.15) is 29.9 Å². The molecule has 6 rings (SSSR count). The van der Waals surface area contributed by atoms with Gasteiger partial charge in [0.05, 0.1) is 6.04 Å². The van der Waals surface area contributed by atoms with Gasteiger partial charge in [-0.3, -0.25) is 9.69 Å². The Bertz CT molecular complexity index is 1150. The van der Waals surface area contributed by atoms with Crippen molar-refractivity contribution in [2.45, 2.75) is 36.9 Å². The van der Waals surface area contributed by atoms with Crippen LogP contribution in [0.3, 0.4) is 0 Å². The lowest BCUT2D eigenvalue weighted by Crippen LogP contribution is -2.65. The summed E-state index contributed by atoms with van der Waals surface area (Å²) in [7, 11) is 0. The lowest BCUT2D eigenvalue weighted by atomic mass is 9.88. The van der Waals surface area contributed by atoms with Gasteiger partial charge in [-0.05, 0) is 35.1 Å². The number of hydrogen-bond acceptors (Lipinski definition) is 4. The first-order valence-electron chi connectivity index (χ1n) is 11.4. The topological polar surface area (TPSA) is 87.1 Å². The highest BCUT2D eigenvalue weighted by molar-refractivity contribution is 5.92. The number of aliphatic carboxylic acids is 1. The van der Waals surface area contributed by atoms with Crippen molar-refractivity contribution in [3.8, 4) is 11.1 Å². The first-order chi connectivity index (χ1) is 16.0. The summed E-state index contributed by atoms with van der Waals surface area (Å²) in [6, 6.07) is 14.5. The number of fused-ring (bicyclic) bond motifs is 5. The molecule has 3 heterocycles. The molecule has 2 saturated heterocycles. The predicted octanol–water partition coefficient (Wildman–Crippen LogP) is 3.25. The summed E-state index contributed by atoms with van der Waals surface area (Å²) in [6.45, 7) is 0.594. The van der Waals surface area contributed by atoms with Crippen LogP contribution < -0.4 is 0 Å². The molecule has 7 nitrogen and oxygen atoms in total. The van der Waals surface area contributed by atoms with E-state index >= 15 is 0 Å². The Hall–Kier alpha value is -3.61. The van der Waals surface area contributed by atoms with Crippen molar-refractivity contribution in [3.63, 3.8) is 0 Å². The van der Waals surface area contributed by atoms with Crippen molar-refractivity contribution in [2.75, 3.05) is 13.2 Å². The number of carbonyl (C=O) groups excluding carboxylic acids is 2. The van der Waals surface area contributed by atoms with Crippen molar-refractivity contribution in [1.82, 2.24) is 9.80 Å². The van der Waals surface area contributed by atoms with Crippen LogP contribution in [0.25, 0.3) is 11.1 Å². The summed E-state index contributed by atoms with van der Waals surface area (Å²) in [5.41, 5.74) is 4.57. The Balaban J connectivity index is 1.19. The molecule has 0 spiro atoms. The van der Waals surface area contributed by atoms with Crippen LogP contribution in [0, 0.1) is 5.92 Å². The van der Waals surface area contributed by atoms with E-state index in [1.165, 1.54) is 9.80 Å². The zero-order chi connectivity index (χ0) is 22.7. The number of carboxylic acids is 1. The molecule has 2 fully saturated rings. The molecule has 4 atom stereocenters. The highest BCUT2D eigenvalue weighted by Crippen LogP contribution is 2.45. The second-order valence-electron chi connectivity index (χ2n) is 9.19. The minimum Gasteiger partial charge on any atom is -0.480 e. The number of rotatable bonds is 3. The highest BCUT2D eigenvalue weighted by Gasteiger charge is 2.53. The van der Waals surface area contributed by atoms with Gasteiger partial charge < -0.3 is 14.7 Å². The Kier molecular flexibility index (Phi) is 4.54. The molecule has 2 aromatic carbocycles. The number of likely N-dealkylation sites (tertiary alicyclic amines) is 1. The number of carboxylic acid groups (broad SMARTS) is 1. The molecule has 33 heavy (non-hydrogen) atoms. The number of amides is 2. The van der Waals surface area contributed by atoms with Gasteiger partial charge in [-0.1, -0.05) is 60.7 Å². The predicted molar refractivity (Wildman–Crippen MR) is 119 cm³/mol. The fourth-order valence-corrected chi connectivity index (χ4v) is 5.89. The molecule has 3 aliphatic heterocycles. The van der Waals surface area contributed by atoms with Crippen LogP contribution >= 0.6 is 0 Å². The normalized spacial score (nSPS) is 27.2. The Morgan fingerprint density at radius 1 is 0.970 bits per heavy atom. The summed E-state index contributed by atoms with van der Waals surface area (Å²) < 4.78 is 5.74. The molecular weight excluding hydrogens is 420 g/mol. The lowest BCUT2D eigenvalue weighted by Gasteiger charge is -2.45. The summed E-state index contributed by atoms with van der Waals surface area (Å²) >= 11 is 0. The van der Waals surface area contributed by atoms with Crippen molar-refractivity contribution in [1.29, 1.82) is 0 Å². The van der Waals surface area contributed by atoms with E-state index in [9.17, 15) is 19.5 Å². The zero-order valence-electron chi connectivity index (χ0n) is 18.0. The fraction of sp³-hybridized carbons (Fsp3) is 0.346. The second kappa shape index (κ2) is 7.47. The van der Waals surface area contributed by atoms with E-state index < -0.39 is 24.1 Å². The van der Waals surface area contributed by atoms with Crippen molar-refractivity contribution >= 4 is 18.0 Å². The van der Waals surface area contributed by atoms with E-state index in [0.29, 0.717) is 19.4 Å².